The average molecular weight is 301 g/mol. The Morgan fingerprint density at radius 2 is 2.18 bits per heavy atom. The first-order valence-corrected chi connectivity index (χ1v) is 7.62. The second kappa shape index (κ2) is 5.82. The van der Waals surface area contributed by atoms with Crippen LogP contribution in [-0.4, -0.2) is 48.5 Å². The van der Waals surface area contributed by atoms with E-state index in [4.69, 9.17) is 9.47 Å². The van der Waals surface area contributed by atoms with E-state index in [2.05, 4.69) is 41.7 Å². The van der Waals surface area contributed by atoms with Crippen LogP contribution < -0.4 is 4.90 Å². The zero-order valence-electron chi connectivity index (χ0n) is 13.7. The number of benzene rings is 1. The van der Waals surface area contributed by atoms with Crippen molar-refractivity contribution in [1.82, 2.24) is 9.97 Å². The van der Waals surface area contributed by atoms with Gasteiger partial charge in [0.25, 0.3) is 0 Å². The van der Waals surface area contributed by atoms with Crippen LogP contribution in [0.15, 0.2) is 24.5 Å². The largest absolute Gasteiger partial charge is 0.382 e. The molecule has 2 aromatic rings. The van der Waals surface area contributed by atoms with Gasteiger partial charge in [-0.25, -0.2) is 9.97 Å². The Balaban J connectivity index is 2.03. The van der Waals surface area contributed by atoms with Gasteiger partial charge in [0, 0.05) is 25.6 Å². The third-order valence-electron chi connectivity index (χ3n) is 3.98. The summed E-state index contributed by atoms with van der Waals surface area (Å²) < 4.78 is 11.4. The van der Waals surface area contributed by atoms with Gasteiger partial charge in [0.15, 0.2) is 0 Å². The molecule has 3 rings (SSSR count). The highest BCUT2D eigenvalue weighted by Gasteiger charge is 2.34. The molecule has 1 saturated heterocycles. The van der Waals surface area contributed by atoms with Crippen LogP contribution in [0.25, 0.3) is 10.9 Å². The van der Waals surface area contributed by atoms with Crippen molar-refractivity contribution in [3.05, 3.63) is 30.1 Å². The van der Waals surface area contributed by atoms with Crippen molar-refractivity contribution in [2.75, 3.05) is 31.7 Å². The lowest BCUT2D eigenvalue weighted by molar-refractivity contribution is -0.106. The molecule has 1 atom stereocenters. The minimum Gasteiger partial charge on any atom is -0.382 e. The predicted octanol–water partition coefficient (Wildman–Crippen LogP) is 2.57. The van der Waals surface area contributed by atoms with E-state index in [9.17, 15) is 0 Å². The number of hydrogen-bond donors (Lipinski definition) is 0. The van der Waals surface area contributed by atoms with Crippen LogP contribution in [0.4, 0.5) is 5.82 Å². The lowest BCUT2D eigenvalue weighted by Crippen LogP contribution is -2.54. The van der Waals surface area contributed by atoms with E-state index in [1.54, 1.807) is 13.4 Å². The smallest absolute Gasteiger partial charge is 0.140 e. The Morgan fingerprint density at radius 1 is 1.36 bits per heavy atom. The van der Waals surface area contributed by atoms with Crippen LogP contribution in [0.1, 0.15) is 19.4 Å². The first-order chi connectivity index (χ1) is 10.5. The van der Waals surface area contributed by atoms with Gasteiger partial charge in [0.2, 0.25) is 0 Å². The highest BCUT2D eigenvalue weighted by Crippen LogP contribution is 2.31. The minimum atomic E-state index is -0.235. The van der Waals surface area contributed by atoms with E-state index in [1.807, 2.05) is 12.1 Å². The molecule has 0 N–H and O–H groups in total. The first kappa shape index (κ1) is 15.2. The van der Waals surface area contributed by atoms with Gasteiger partial charge in [0.1, 0.15) is 12.1 Å². The van der Waals surface area contributed by atoms with Gasteiger partial charge in [0.05, 0.1) is 23.8 Å². The van der Waals surface area contributed by atoms with Crippen molar-refractivity contribution in [2.24, 2.45) is 0 Å². The summed E-state index contributed by atoms with van der Waals surface area (Å²) in [7, 11) is 1.71. The molecule has 1 aliphatic heterocycles. The van der Waals surface area contributed by atoms with Crippen molar-refractivity contribution in [3.8, 4) is 0 Å². The molecule has 1 aliphatic rings. The molecule has 5 heteroatoms. The second-order valence-electron chi connectivity index (χ2n) is 6.50. The fraction of sp³-hybridized carbons (Fsp3) is 0.529. The third kappa shape index (κ3) is 2.91. The van der Waals surface area contributed by atoms with Gasteiger partial charge in [-0.05, 0) is 32.4 Å². The Morgan fingerprint density at radius 3 is 2.95 bits per heavy atom. The number of anilines is 1. The maximum absolute atomic E-state index is 6.10. The number of nitrogens with zero attached hydrogens (tertiary/aromatic N) is 3. The van der Waals surface area contributed by atoms with E-state index < -0.39 is 0 Å². The lowest BCUT2D eigenvalue weighted by atomic mass is 10.0. The van der Waals surface area contributed by atoms with Crippen LogP contribution in [-0.2, 0) is 9.47 Å². The molecule has 0 aliphatic carbocycles. The molecule has 0 amide bonds. The number of morpholine rings is 1. The molecule has 0 radical (unpaired) electrons. The molecule has 0 spiro atoms. The molecule has 1 aromatic carbocycles. The number of fused-ring (bicyclic) bond motifs is 1. The number of rotatable bonds is 3. The number of aromatic nitrogens is 2. The Kier molecular flexibility index (Phi) is 4.02. The Hall–Kier alpha value is -1.72. The molecule has 1 aromatic heterocycles. The summed E-state index contributed by atoms with van der Waals surface area (Å²) in [4.78, 5) is 11.3. The Labute approximate surface area is 131 Å². The third-order valence-corrected chi connectivity index (χ3v) is 3.98. The summed E-state index contributed by atoms with van der Waals surface area (Å²) in [6.45, 7) is 8.48. The predicted molar refractivity (Wildman–Crippen MR) is 87.3 cm³/mol. The first-order valence-electron chi connectivity index (χ1n) is 7.62. The van der Waals surface area contributed by atoms with E-state index >= 15 is 0 Å². The molecule has 5 nitrogen and oxygen atoms in total. The van der Waals surface area contributed by atoms with Gasteiger partial charge in [-0.2, -0.15) is 0 Å². The monoisotopic (exact) mass is 301 g/mol. The van der Waals surface area contributed by atoms with Crippen LogP contribution in [0.2, 0.25) is 0 Å². The van der Waals surface area contributed by atoms with Crippen LogP contribution in [0.3, 0.4) is 0 Å². The molecule has 1 fully saturated rings. The van der Waals surface area contributed by atoms with Crippen molar-refractivity contribution in [1.29, 1.82) is 0 Å². The molecule has 22 heavy (non-hydrogen) atoms. The molecule has 0 bridgehead atoms. The van der Waals surface area contributed by atoms with Crippen LogP contribution in [0.5, 0.6) is 0 Å². The van der Waals surface area contributed by atoms with Gasteiger partial charge in [-0.15, -0.1) is 0 Å². The summed E-state index contributed by atoms with van der Waals surface area (Å²) in [5.41, 5.74) is 1.94. The fourth-order valence-corrected chi connectivity index (χ4v) is 3.23. The number of aryl methyl sites for hydroxylation is 1. The number of hydrogen-bond acceptors (Lipinski definition) is 5. The SMILES string of the molecule is COC[C@@H]1CN(c2ncnc3cccc(C)c23)CC(C)(C)O1. The topological polar surface area (TPSA) is 47.5 Å². The van der Waals surface area contributed by atoms with Crippen molar-refractivity contribution >= 4 is 16.7 Å². The van der Waals surface area contributed by atoms with Gasteiger partial charge in [-0.3, -0.25) is 0 Å². The maximum atomic E-state index is 6.10. The molecular weight excluding hydrogens is 278 g/mol. The normalized spacial score (nSPS) is 21.3. The summed E-state index contributed by atoms with van der Waals surface area (Å²) in [5.74, 6) is 0.987. The van der Waals surface area contributed by atoms with Crippen molar-refractivity contribution in [2.45, 2.75) is 32.5 Å². The van der Waals surface area contributed by atoms with E-state index in [0.717, 1.165) is 29.8 Å². The van der Waals surface area contributed by atoms with E-state index in [0.29, 0.717) is 6.61 Å². The number of methoxy groups -OCH3 is 1. The molecule has 0 unspecified atom stereocenters. The molecule has 0 saturated carbocycles. The quantitative estimate of drug-likeness (QED) is 0.872. The van der Waals surface area contributed by atoms with Crippen molar-refractivity contribution in [3.63, 3.8) is 0 Å². The molecule has 118 valence electrons. The lowest BCUT2D eigenvalue weighted by Gasteiger charge is -2.43. The van der Waals surface area contributed by atoms with E-state index in [-0.39, 0.29) is 11.7 Å². The highest BCUT2D eigenvalue weighted by atomic mass is 16.5. The van der Waals surface area contributed by atoms with Gasteiger partial charge < -0.3 is 14.4 Å². The Bertz CT molecular complexity index is 667. The standard InChI is InChI=1S/C17H23N3O2/c1-12-6-5-7-14-15(12)16(19-11-18-14)20-8-13(9-21-4)22-17(2,3)10-20/h5-7,11,13H,8-10H2,1-4H3/t13-/m0/s1. The zero-order chi connectivity index (χ0) is 15.7. The second-order valence-corrected chi connectivity index (χ2v) is 6.50. The van der Waals surface area contributed by atoms with Crippen LogP contribution in [0, 0.1) is 6.92 Å². The summed E-state index contributed by atoms with van der Waals surface area (Å²) >= 11 is 0. The van der Waals surface area contributed by atoms with Gasteiger partial charge >= 0.3 is 0 Å². The molecular formula is C17H23N3O2. The zero-order valence-corrected chi connectivity index (χ0v) is 13.7. The molecule has 2 heterocycles. The van der Waals surface area contributed by atoms with Crippen molar-refractivity contribution < 1.29 is 9.47 Å². The maximum Gasteiger partial charge on any atom is 0.140 e. The summed E-state index contributed by atoms with van der Waals surface area (Å²) in [5, 5.41) is 1.12. The van der Waals surface area contributed by atoms with Gasteiger partial charge in [-0.1, -0.05) is 12.1 Å². The summed E-state index contributed by atoms with van der Waals surface area (Å²) in [6, 6.07) is 6.17. The summed E-state index contributed by atoms with van der Waals surface area (Å²) in [6.07, 6.45) is 1.69. The highest BCUT2D eigenvalue weighted by molar-refractivity contribution is 5.92. The van der Waals surface area contributed by atoms with Crippen LogP contribution >= 0.6 is 0 Å². The fourth-order valence-electron chi connectivity index (χ4n) is 3.23. The van der Waals surface area contributed by atoms with E-state index in [1.165, 1.54) is 5.56 Å². The average Bonchev–Trinajstić information content (AvgIpc) is 2.46. The number of ether oxygens (including phenoxy) is 2. The minimum absolute atomic E-state index is 0.0442.